The zero-order valence-electron chi connectivity index (χ0n) is 17.9. The lowest BCUT2D eigenvalue weighted by Crippen LogP contribution is -2.39. The predicted octanol–water partition coefficient (Wildman–Crippen LogP) is 3.66. The summed E-state index contributed by atoms with van der Waals surface area (Å²) in [6.45, 7) is 9.21. The van der Waals surface area contributed by atoms with Gasteiger partial charge in [-0.25, -0.2) is 4.79 Å². The Morgan fingerprint density at radius 2 is 1.66 bits per heavy atom. The molecule has 0 fully saturated rings. The quantitative estimate of drug-likeness (QED) is 0.714. The average Bonchev–Trinajstić information content (AvgIpc) is 2.65. The van der Waals surface area contributed by atoms with Crippen LogP contribution >= 0.6 is 0 Å². The first-order chi connectivity index (χ1) is 13.7. The molecule has 2 rings (SSSR count). The van der Waals surface area contributed by atoms with Crippen LogP contribution in [-0.2, 0) is 6.54 Å². The number of carbonyl (C=O) groups is 2. The molecule has 0 atom stereocenters. The number of benzene rings is 2. The first kappa shape index (κ1) is 22.3. The number of hydrogen-bond acceptors (Lipinski definition) is 3. The normalized spacial score (nSPS) is 10.6. The van der Waals surface area contributed by atoms with Gasteiger partial charge in [0.2, 0.25) is 0 Å². The Balaban J connectivity index is 1.81. The third kappa shape index (κ3) is 7.49. The van der Waals surface area contributed by atoms with E-state index < -0.39 is 0 Å². The molecule has 29 heavy (non-hydrogen) atoms. The highest BCUT2D eigenvalue weighted by molar-refractivity contribution is 5.94. The molecule has 0 aliphatic rings. The highest BCUT2D eigenvalue weighted by Crippen LogP contribution is 2.16. The lowest BCUT2D eigenvalue weighted by molar-refractivity contribution is 0.0773. The van der Waals surface area contributed by atoms with E-state index in [2.05, 4.69) is 16.7 Å². The molecule has 0 bridgehead atoms. The maximum atomic E-state index is 12.6. The number of hydrogen-bond donors (Lipinski definition) is 2. The van der Waals surface area contributed by atoms with Gasteiger partial charge in [-0.1, -0.05) is 18.2 Å². The topological polar surface area (TPSA) is 70.7 Å². The van der Waals surface area contributed by atoms with Gasteiger partial charge in [0, 0.05) is 25.2 Å². The summed E-state index contributed by atoms with van der Waals surface area (Å²) in [5.41, 5.74) is 3.84. The van der Waals surface area contributed by atoms with Crippen LogP contribution in [0.3, 0.4) is 0 Å². The minimum atomic E-state index is -0.205. The van der Waals surface area contributed by atoms with Gasteiger partial charge in [-0.3, -0.25) is 4.79 Å². The number of ether oxygens (including phenoxy) is 1. The van der Waals surface area contributed by atoms with Crippen LogP contribution < -0.4 is 15.4 Å². The van der Waals surface area contributed by atoms with Gasteiger partial charge < -0.3 is 20.3 Å². The summed E-state index contributed by atoms with van der Waals surface area (Å²) in [5, 5.41) is 5.56. The second-order valence-electron chi connectivity index (χ2n) is 7.58. The molecule has 2 aromatic rings. The molecule has 0 radical (unpaired) electrons. The van der Waals surface area contributed by atoms with Gasteiger partial charge in [-0.15, -0.1) is 0 Å². The first-order valence-electron chi connectivity index (χ1n) is 9.84. The van der Waals surface area contributed by atoms with Gasteiger partial charge >= 0.3 is 6.03 Å². The van der Waals surface area contributed by atoms with Crippen molar-refractivity contribution >= 4 is 11.9 Å². The van der Waals surface area contributed by atoms with E-state index in [9.17, 15) is 9.59 Å². The highest BCUT2D eigenvalue weighted by Gasteiger charge is 2.12. The summed E-state index contributed by atoms with van der Waals surface area (Å²) < 4.78 is 5.79. The molecular weight excluding hydrogens is 366 g/mol. The molecular formula is C23H31N3O3. The number of urea groups is 1. The molecule has 0 saturated heterocycles. The second-order valence-corrected chi connectivity index (χ2v) is 7.58. The lowest BCUT2D eigenvalue weighted by Gasteiger charge is -2.18. The van der Waals surface area contributed by atoms with E-state index >= 15 is 0 Å². The minimum Gasteiger partial charge on any atom is -0.492 e. The van der Waals surface area contributed by atoms with Gasteiger partial charge in [-0.05, 0) is 68.7 Å². The molecule has 2 N–H and O–H groups in total. The molecule has 3 amide bonds. The van der Waals surface area contributed by atoms with Crippen molar-refractivity contribution in [1.82, 2.24) is 15.5 Å². The van der Waals surface area contributed by atoms with Crippen LogP contribution in [-0.4, -0.2) is 43.1 Å². The van der Waals surface area contributed by atoms with Crippen LogP contribution in [0.1, 0.15) is 40.9 Å². The molecule has 0 aliphatic carbocycles. The Kier molecular flexibility index (Phi) is 8.07. The summed E-state index contributed by atoms with van der Waals surface area (Å²) in [7, 11) is 1.76. The monoisotopic (exact) mass is 397 g/mol. The lowest BCUT2D eigenvalue weighted by atomic mass is 10.1. The van der Waals surface area contributed by atoms with Gasteiger partial charge in [0.1, 0.15) is 12.4 Å². The smallest absolute Gasteiger partial charge is 0.315 e. The van der Waals surface area contributed by atoms with Crippen molar-refractivity contribution in [3.05, 3.63) is 64.7 Å². The van der Waals surface area contributed by atoms with E-state index in [0.29, 0.717) is 25.3 Å². The van der Waals surface area contributed by atoms with Crippen molar-refractivity contribution in [3.63, 3.8) is 0 Å². The number of carbonyl (C=O) groups excluding carboxylic acids is 2. The van der Waals surface area contributed by atoms with Crippen LogP contribution in [0.2, 0.25) is 0 Å². The van der Waals surface area contributed by atoms with Crippen molar-refractivity contribution in [2.75, 3.05) is 20.2 Å². The largest absolute Gasteiger partial charge is 0.492 e. The Labute approximate surface area is 173 Å². The molecule has 0 spiro atoms. The average molecular weight is 398 g/mol. The fourth-order valence-electron chi connectivity index (χ4n) is 2.90. The van der Waals surface area contributed by atoms with Crippen molar-refractivity contribution in [2.45, 2.75) is 40.3 Å². The van der Waals surface area contributed by atoms with Crippen LogP contribution in [0.4, 0.5) is 4.79 Å². The van der Waals surface area contributed by atoms with Crippen molar-refractivity contribution < 1.29 is 14.3 Å². The van der Waals surface area contributed by atoms with Crippen LogP contribution in [0, 0.1) is 13.8 Å². The van der Waals surface area contributed by atoms with E-state index in [1.165, 1.54) is 0 Å². The fraction of sp³-hybridized carbons (Fsp3) is 0.391. The Hall–Kier alpha value is -3.02. The summed E-state index contributed by atoms with van der Waals surface area (Å²) in [5.74, 6) is 0.757. The molecule has 6 heteroatoms. The maximum Gasteiger partial charge on any atom is 0.315 e. The van der Waals surface area contributed by atoms with Gasteiger partial charge in [0.15, 0.2) is 0 Å². The SMILES string of the molecule is Cc1cc(C)cc(OCCN(C)C(=O)c2ccc(CNC(=O)NC(C)C)cc2)c1. The summed E-state index contributed by atoms with van der Waals surface area (Å²) in [6.07, 6.45) is 0. The molecule has 2 aromatic carbocycles. The van der Waals surface area contributed by atoms with Crippen molar-refractivity contribution in [2.24, 2.45) is 0 Å². The zero-order chi connectivity index (χ0) is 21.4. The third-order valence-electron chi connectivity index (χ3n) is 4.31. The van der Waals surface area contributed by atoms with E-state index in [0.717, 1.165) is 22.4 Å². The Bertz CT molecular complexity index is 812. The number of nitrogens with one attached hydrogen (secondary N) is 2. The van der Waals surface area contributed by atoms with Gasteiger partial charge in [0.05, 0.1) is 6.54 Å². The summed E-state index contributed by atoms with van der Waals surface area (Å²) >= 11 is 0. The third-order valence-corrected chi connectivity index (χ3v) is 4.31. The van der Waals surface area contributed by atoms with E-state index in [1.54, 1.807) is 24.1 Å². The highest BCUT2D eigenvalue weighted by atomic mass is 16.5. The minimum absolute atomic E-state index is 0.0638. The fourth-order valence-corrected chi connectivity index (χ4v) is 2.90. The summed E-state index contributed by atoms with van der Waals surface area (Å²) in [4.78, 5) is 25.9. The second kappa shape index (κ2) is 10.5. The Morgan fingerprint density at radius 1 is 1.03 bits per heavy atom. The van der Waals surface area contributed by atoms with E-state index in [-0.39, 0.29) is 18.0 Å². The number of aryl methyl sites for hydroxylation is 2. The molecule has 0 aliphatic heterocycles. The standard InChI is InChI=1S/C23H31N3O3/c1-16(2)25-23(28)24-15-19-6-8-20(9-7-19)22(27)26(5)10-11-29-21-13-17(3)12-18(4)14-21/h6-9,12-14,16H,10-11,15H2,1-5H3,(H2,24,25,28). The molecule has 0 aromatic heterocycles. The molecule has 156 valence electrons. The van der Waals surface area contributed by atoms with Crippen molar-refractivity contribution in [1.29, 1.82) is 0 Å². The summed E-state index contributed by atoms with van der Waals surface area (Å²) in [6, 6.07) is 13.2. The number of nitrogens with zero attached hydrogens (tertiary/aromatic N) is 1. The predicted molar refractivity (Wildman–Crippen MR) is 115 cm³/mol. The zero-order valence-corrected chi connectivity index (χ0v) is 17.9. The maximum absolute atomic E-state index is 12.6. The van der Waals surface area contributed by atoms with E-state index in [1.807, 2.05) is 52.0 Å². The first-order valence-corrected chi connectivity index (χ1v) is 9.84. The number of likely N-dealkylation sites (N-methyl/N-ethyl adjacent to an activating group) is 1. The molecule has 0 unspecified atom stereocenters. The number of amides is 3. The van der Waals surface area contributed by atoms with Crippen LogP contribution in [0.25, 0.3) is 0 Å². The number of rotatable bonds is 8. The van der Waals surface area contributed by atoms with Crippen molar-refractivity contribution in [3.8, 4) is 5.75 Å². The van der Waals surface area contributed by atoms with E-state index in [4.69, 9.17) is 4.74 Å². The van der Waals surface area contributed by atoms with Crippen LogP contribution in [0.15, 0.2) is 42.5 Å². The molecule has 0 heterocycles. The van der Waals surface area contributed by atoms with Crippen LogP contribution in [0.5, 0.6) is 5.75 Å². The van der Waals surface area contributed by atoms with Gasteiger partial charge in [-0.2, -0.15) is 0 Å². The molecule has 0 saturated carbocycles. The Morgan fingerprint density at radius 3 is 2.24 bits per heavy atom. The molecule has 6 nitrogen and oxygen atoms in total. The van der Waals surface area contributed by atoms with Gasteiger partial charge in [0.25, 0.3) is 5.91 Å².